The summed E-state index contributed by atoms with van der Waals surface area (Å²) in [5.41, 5.74) is 0. The van der Waals surface area contributed by atoms with Gasteiger partial charge in [-0.3, -0.25) is 0 Å². The predicted molar refractivity (Wildman–Crippen MR) is 39.6 cm³/mol. The van der Waals surface area contributed by atoms with Crippen molar-refractivity contribution in [3.05, 3.63) is 0 Å². The Hall–Kier alpha value is -0.0800. The lowest BCUT2D eigenvalue weighted by Gasteiger charge is -2.20. The molecule has 1 rings (SSSR count). The molecule has 0 radical (unpaired) electrons. The van der Waals surface area contributed by atoms with E-state index in [-0.39, 0.29) is 6.79 Å². The first kappa shape index (κ1) is 8.02. The zero-order chi connectivity index (χ0) is 7.23. The molecule has 1 fully saturated rings. The van der Waals surface area contributed by atoms with Crippen molar-refractivity contribution in [2.24, 2.45) is 5.92 Å². The van der Waals surface area contributed by atoms with Crippen LogP contribution in [0.4, 0.5) is 0 Å². The van der Waals surface area contributed by atoms with Crippen molar-refractivity contribution >= 4 is 0 Å². The fourth-order valence-electron chi connectivity index (χ4n) is 1.57. The van der Waals surface area contributed by atoms with Crippen molar-refractivity contribution in [2.75, 3.05) is 13.4 Å². The molecule has 1 N–H and O–H groups in total. The largest absolute Gasteiger partial charge is 0.371 e. The minimum atomic E-state index is -0.115. The van der Waals surface area contributed by atoms with Gasteiger partial charge < -0.3 is 9.84 Å². The Morgan fingerprint density at radius 1 is 1.20 bits per heavy atom. The van der Waals surface area contributed by atoms with Crippen LogP contribution in [0.3, 0.4) is 0 Å². The van der Waals surface area contributed by atoms with Crippen LogP contribution in [0, 0.1) is 5.92 Å². The molecule has 1 aliphatic carbocycles. The number of rotatable bonds is 3. The van der Waals surface area contributed by atoms with E-state index >= 15 is 0 Å². The molecule has 0 heterocycles. The van der Waals surface area contributed by atoms with Gasteiger partial charge in [0.25, 0.3) is 0 Å². The molecule has 0 saturated heterocycles. The van der Waals surface area contributed by atoms with Crippen molar-refractivity contribution in [3.63, 3.8) is 0 Å². The summed E-state index contributed by atoms with van der Waals surface area (Å²) in [6.07, 6.45) is 6.66. The third kappa shape index (κ3) is 2.67. The fraction of sp³-hybridized carbons (Fsp3) is 1.00. The van der Waals surface area contributed by atoms with Gasteiger partial charge in [0.05, 0.1) is 6.61 Å². The van der Waals surface area contributed by atoms with E-state index in [1.807, 2.05) is 0 Å². The minimum Gasteiger partial charge on any atom is -0.371 e. The monoisotopic (exact) mass is 144 g/mol. The van der Waals surface area contributed by atoms with Gasteiger partial charge in [-0.1, -0.05) is 19.3 Å². The highest BCUT2D eigenvalue weighted by atomic mass is 16.6. The topological polar surface area (TPSA) is 29.5 Å². The maximum Gasteiger partial charge on any atom is 0.143 e. The Morgan fingerprint density at radius 2 is 1.90 bits per heavy atom. The van der Waals surface area contributed by atoms with Crippen LogP contribution >= 0.6 is 0 Å². The second kappa shape index (κ2) is 4.69. The molecule has 0 amide bonds. The third-order valence-corrected chi connectivity index (χ3v) is 2.17. The van der Waals surface area contributed by atoms with Gasteiger partial charge in [-0.2, -0.15) is 0 Å². The van der Waals surface area contributed by atoms with Crippen molar-refractivity contribution < 1.29 is 9.84 Å². The van der Waals surface area contributed by atoms with Crippen LogP contribution in [0.15, 0.2) is 0 Å². The lowest BCUT2D eigenvalue weighted by molar-refractivity contribution is -0.0224. The molecule has 1 aliphatic rings. The molecule has 60 valence electrons. The van der Waals surface area contributed by atoms with Crippen molar-refractivity contribution in [3.8, 4) is 0 Å². The summed E-state index contributed by atoms with van der Waals surface area (Å²) in [5, 5.41) is 8.37. The molecule has 0 aromatic carbocycles. The molecule has 1 saturated carbocycles. The van der Waals surface area contributed by atoms with Gasteiger partial charge in [0.15, 0.2) is 0 Å². The van der Waals surface area contributed by atoms with E-state index in [9.17, 15) is 0 Å². The Labute approximate surface area is 62.2 Å². The molecule has 0 unspecified atom stereocenters. The van der Waals surface area contributed by atoms with Crippen LogP contribution in [-0.2, 0) is 4.74 Å². The average Bonchev–Trinajstić information content (AvgIpc) is 2.03. The first-order chi connectivity index (χ1) is 4.93. The second-order valence-electron chi connectivity index (χ2n) is 3.00. The summed E-state index contributed by atoms with van der Waals surface area (Å²) in [4.78, 5) is 0. The van der Waals surface area contributed by atoms with Crippen LogP contribution in [0.25, 0.3) is 0 Å². The Kier molecular flexibility index (Phi) is 3.76. The van der Waals surface area contributed by atoms with Gasteiger partial charge in [0.1, 0.15) is 6.79 Å². The summed E-state index contributed by atoms with van der Waals surface area (Å²) in [7, 11) is 0. The molecule has 0 bridgehead atoms. The lowest BCUT2D eigenvalue weighted by atomic mass is 9.90. The molecule has 0 aromatic rings. The van der Waals surface area contributed by atoms with Crippen molar-refractivity contribution in [2.45, 2.75) is 32.1 Å². The van der Waals surface area contributed by atoms with Crippen LogP contribution < -0.4 is 0 Å². The molecule has 0 spiro atoms. The minimum absolute atomic E-state index is 0.115. The molecule has 0 aromatic heterocycles. The summed E-state index contributed by atoms with van der Waals surface area (Å²) in [6, 6.07) is 0. The zero-order valence-electron chi connectivity index (χ0n) is 6.38. The number of aliphatic hydroxyl groups is 1. The third-order valence-electron chi connectivity index (χ3n) is 2.17. The first-order valence-corrected chi connectivity index (χ1v) is 4.12. The first-order valence-electron chi connectivity index (χ1n) is 4.12. The van der Waals surface area contributed by atoms with Gasteiger partial charge in [0, 0.05) is 0 Å². The predicted octanol–water partition coefficient (Wildman–Crippen LogP) is 1.53. The Balaban J connectivity index is 2.02. The van der Waals surface area contributed by atoms with E-state index in [4.69, 9.17) is 9.84 Å². The molecule has 0 aliphatic heterocycles. The number of hydrogen-bond donors (Lipinski definition) is 1. The van der Waals surface area contributed by atoms with Gasteiger partial charge >= 0.3 is 0 Å². The number of ether oxygens (including phenoxy) is 1. The van der Waals surface area contributed by atoms with Crippen LogP contribution in [0.2, 0.25) is 0 Å². The zero-order valence-corrected chi connectivity index (χ0v) is 6.38. The van der Waals surface area contributed by atoms with E-state index < -0.39 is 0 Å². The van der Waals surface area contributed by atoms with Gasteiger partial charge in [-0.25, -0.2) is 0 Å². The van der Waals surface area contributed by atoms with Gasteiger partial charge in [-0.05, 0) is 18.8 Å². The smallest absolute Gasteiger partial charge is 0.143 e. The maximum atomic E-state index is 8.37. The molecular formula is C8H16O2. The quantitative estimate of drug-likeness (QED) is 0.609. The van der Waals surface area contributed by atoms with Crippen LogP contribution in [-0.4, -0.2) is 18.5 Å². The molecule has 2 nitrogen and oxygen atoms in total. The summed E-state index contributed by atoms with van der Waals surface area (Å²) in [6.45, 7) is 0.646. The summed E-state index contributed by atoms with van der Waals surface area (Å²) in [5.74, 6) is 0.723. The fourth-order valence-corrected chi connectivity index (χ4v) is 1.57. The maximum absolute atomic E-state index is 8.37. The van der Waals surface area contributed by atoms with Crippen molar-refractivity contribution in [1.29, 1.82) is 0 Å². The van der Waals surface area contributed by atoms with E-state index in [0.717, 1.165) is 12.5 Å². The highest BCUT2D eigenvalue weighted by Crippen LogP contribution is 2.23. The highest BCUT2D eigenvalue weighted by molar-refractivity contribution is 4.64. The van der Waals surface area contributed by atoms with Crippen molar-refractivity contribution in [1.82, 2.24) is 0 Å². The van der Waals surface area contributed by atoms with Gasteiger partial charge in [0.2, 0.25) is 0 Å². The highest BCUT2D eigenvalue weighted by Gasteiger charge is 2.12. The molecule has 2 heteroatoms. The summed E-state index contributed by atoms with van der Waals surface area (Å²) < 4.78 is 4.93. The van der Waals surface area contributed by atoms with E-state index in [1.165, 1.54) is 32.1 Å². The molecule has 10 heavy (non-hydrogen) atoms. The molecule has 0 atom stereocenters. The molecular weight excluding hydrogens is 128 g/mol. The van der Waals surface area contributed by atoms with Gasteiger partial charge in [-0.15, -0.1) is 0 Å². The Morgan fingerprint density at radius 3 is 2.50 bits per heavy atom. The van der Waals surface area contributed by atoms with E-state index in [2.05, 4.69) is 0 Å². The lowest BCUT2D eigenvalue weighted by Crippen LogP contribution is -2.13. The van der Waals surface area contributed by atoms with Crippen LogP contribution in [0.5, 0.6) is 0 Å². The number of aliphatic hydroxyl groups excluding tert-OH is 1. The Bertz CT molecular complexity index is 77.3. The second-order valence-corrected chi connectivity index (χ2v) is 3.00. The normalized spacial score (nSPS) is 21.3. The SMILES string of the molecule is OCOCC1CCCCC1. The average molecular weight is 144 g/mol. The number of hydrogen-bond acceptors (Lipinski definition) is 2. The van der Waals surface area contributed by atoms with Crippen LogP contribution in [0.1, 0.15) is 32.1 Å². The summed E-state index contributed by atoms with van der Waals surface area (Å²) >= 11 is 0. The standard InChI is InChI=1S/C8H16O2/c9-7-10-6-8-4-2-1-3-5-8/h8-9H,1-7H2. The van der Waals surface area contributed by atoms with E-state index in [0.29, 0.717) is 0 Å². The van der Waals surface area contributed by atoms with E-state index in [1.54, 1.807) is 0 Å².